The quantitative estimate of drug-likeness (QED) is 0.860. The first-order valence-electron chi connectivity index (χ1n) is 6.12. The zero-order valence-corrected chi connectivity index (χ0v) is 11.9. The summed E-state index contributed by atoms with van der Waals surface area (Å²) >= 11 is 0. The normalized spacial score (nSPS) is 11.8. The smallest absolute Gasteiger partial charge is 0.420 e. The standard InChI is InChI=1S/C14H14F3NO3/c1-6-5-9-10(11(12(6)20-4)14(15,16)17)13(7(2)18-9)21-8(3)19/h5,18H,1-4H3. The summed E-state index contributed by atoms with van der Waals surface area (Å²) in [5, 5.41) is -0.197. The van der Waals surface area contributed by atoms with Gasteiger partial charge in [-0.15, -0.1) is 0 Å². The van der Waals surface area contributed by atoms with Crippen LogP contribution in [0.1, 0.15) is 23.7 Å². The van der Waals surface area contributed by atoms with Crippen LogP contribution in [0.15, 0.2) is 6.07 Å². The molecule has 1 N–H and O–H groups in total. The topological polar surface area (TPSA) is 51.3 Å². The largest absolute Gasteiger partial charge is 0.496 e. The molecule has 2 rings (SSSR count). The number of benzene rings is 1. The number of nitrogens with one attached hydrogen (secondary N) is 1. The van der Waals surface area contributed by atoms with Crippen LogP contribution in [-0.2, 0) is 11.0 Å². The average Bonchev–Trinajstić information content (AvgIpc) is 2.61. The van der Waals surface area contributed by atoms with E-state index in [1.807, 2.05) is 0 Å². The third-order valence-electron chi connectivity index (χ3n) is 3.09. The van der Waals surface area contributed by atoms with Crippen LogP contribution >= 0.6 is 0 Å². The molecule has 114 valence electrons. The first kappa shape index (κ1) is 15.2. The lowest BCUT2D eigenvalue weighted by atomic mass is 10.0. The Labute approximate surface area is 118 Å². The second-order valence-corrected chi connectivity index (χ2v) is 4.69. The van der Waals surface area contributed by atoms with E-state index in [9.17, 15) is 18.0 Å². The van der Waals surface area contributed by atoms with E-state index in [-0.39, 0.29) is 22.4 Å². The zero-order chi connectivity index (χ0) is 15.9. The Balaban J connectivity index is 2.95. The number of carbonyl (C=O) groups is 1. The molecular formula is C14H14F3NO3. The van der Waals surface area contributed by atoms with Crippen LogP contribution in [0, 0.1) is 13.8 Å². The number of ether oxygens (including phenoxy) is 2. The van der Waals surface area contributed by atoms with Crippen LogP contribution in [0.4, 0.5) is 13.2 Å². The maximum Gasteiger partial charge on any atom is 0.420 e. The summed E-state index contributed by atoms with van der Waals surface area (Å²) in [4.78, 5) is 13.9. The molecule has 0 aliphatic rings. The fourth-order valence-electron chi connectivity index (χ4n) is 2.39. The summed E-state index contributed by atoms with van der Waals surface area (Å²) in [6, 6.07) is 1.53. The number of aryl methyl sites for hydroxylation is 2. The van der Waals surface area contributed by atoms with Crippen molar-refractivity contribution in [1.29, 1.82) is 0 Å². The number of H-pyrrole nitrogens is 1. The van der Waals surface area contributed by atoms with Gasteiger partial charge in [0, 0.05) is 6.92 Å². The van der Waals surface area contributed by atoms with Gasteiger partial charge < -0.3 is 14.5 Å². The molecule has 0 aliphatic heterocycles. The highest BCUT2D eigenvalue weighted by atomic mass is 19.4. The first-order chi connectivity index (χ1) is 9.66. The van der Waals surface area contributed by atoms with Gasteiger partial charge in [0.15, 0.2) is 5.75 Å². The Kier molecular flexibility index (Phi) is 3.61. The number of alkyl halides is 3. The highest BCUT2D eigenvalue weighted by molar-refractivity contribution is 5.95. The third-order valence-corrected chi connectivity index (χ3v) is 3.09. The fourth-order valence-corrected chi connectivity index (χ4v) is 2.39. The molecule has 7 heteroatoms. The maximum atomic E-state index is 13.4. The number of hydrogen-bond acceptors (Lipinski definition) is 3. The Morgan fingerprint density at radius 3 is 2.33 bits per heavy atom. The van der Waals surface area contributed by atoms with E-state index in [0.717, 1.165) is 6.92 Å². The lowest BCUT2D eigenvalue weighted by Gasteiger charge is -2.16. The summed E-state index contributed by atoms with van der Waals surface area (Å²) in [5.41, 5.74) is -0.0127. The van der Waals surface area contributed by atoms with Crippen molar-refractivity contribution in [3.05, 3.63) is 22.9 Å². The molecule has 0 radical (unpaired) electrons. The molecule has 0 fully saturated rings. The van der Waals surface area contributed by atoms with Crippen LogP contribution in [0.25, 0.3) is 10.9 Å². The molecule has 1 aromatic heterocycles. The number of aromatic nitrogens is 1. The minimum absolute atomic E-state index is 0.122. The number of fused-ring (bicyclic) bond motifs is 1. The SMILES string of the molecule is COc1c(C)cc2[nH]c(C)c(OC(C)=O)c2c1C(F)(F)F. The van der Waals surface area contributed by atoms with Gasteiger partial charge in [-0.25, -0.2) is 0 Å². The number of hydrogen-bond donors (Lipinski definition) is 1. The number of methoxy groups -OCH3 is 1. The molecule has 0 amide bonds. The molecule has 1 heterocycles. The zero-order valence-electron chi connectivity index (χ0n) is 11.9. The summed E-state index contributed by atoms with van der Waals surface area (Å²) in [5.74, 6) is -1.09. The molecular weight excluding hydrogens is 287 g/mol. The lowest BCUT2D eigenvalue weighted by Crippen LogP contribution is -2.10. The van der Waals surface area contributed by atoms with Gasteiger partial charge in [0.1, 0.15) is 11.3 Å². The molecule has 0 aliphatic carbocycles. The van der Waals surface area contributed by atoms with Crippen LogP contribution in [0.2, 0.25) is 0 Å². The van der Waals surface area contributed by atoms with Crippen LogP contribution in [0.3, 0.4) is 0 Å². The van der Waals surface area contributed by atoms with Gasteiger partial charge in [0.05, 0.1) is 23.7 Å². The summed E-state index contributed by atoms with van der Waals surface area (Å²) < 4.78 is 50.2. The molecule has 0 saturated heterocycles. The number of rotatable bonds is 2. The van der Waals surface area contributed by atoms with E-state index >= 15 is 0 Å². The Morgan fingerprint density at radius 1 is 1.24 bits per heavy atom. The Morgan fingerprint density at radius 2 is 1.86 bits per heavy atom. The average molecular weight is 301 g/mol. The van der Waals surface area contributed by atoms with E-state index in [0.29, 0.717) is 11.3 Å². The van der Waals surface area contributed by atoms with Crippen molar-refractivity contribution in [1.82, 2.24) is 4.98 Å². The van der Waals surface area contributed by atoms with Crippen molar-refractivity contribution in [2.45, 2.75) is 26.9 Å². The van der Waals surface area contributed by atoms with E-state index in [1.165, 1.54) is 20.1 Å². The Bertz CT molecular complexity index is 717. The highest BCUT2D eigenvalue weighted by Crippen LogP contribution is 2.47. The minimum Gasteiger partial charge on any atom is -0.496 e. The highest BCUT2D eigenvalue weighted by Gasteiger charge is 2.39. The van der Waals surface area contributed by atoms with Gasteiger partial charge in [0.2, 0.25) is 0 Å². The fraction of sp³-hybridized carbons (Fsp3) is 0.357. The van der Waals surface area contributed by atoms with Gasteiger partial charge >= 0.3 is 12.1 Å². The molecule has 0 bridgehead atoms. The van der Waals surface area contributed by atoms with Gasteiger partial charge in [-0.3, -0.25) is 4.79 Å². The first-order valence-corrected chi connectivity index (χ1v) is 6.12. The maximum absolute atomic E-state index is 13.4. The third kappa shape index (κ3) is 2.55. The van der Waals surface area contributed by atoms with Crippen LogP contribution < -0.4 is 9.47 Å². The van der Waals surface area contributed by atoms with Gasteiger partial charge in [-0.1, -0.05) is 0 Å². The predicted octanol–water partition coefficient (Wildman–Crippen LogP) is 3.74. The lowest BCUT2D eigenvalue weighted by molar-refractivity contribution is -0.138. The van der Waals surface area contributed by atoms with Gasteiger partial charge in [-0.05, 0) is 25.5 Å². The molecule has 4 nitrogen and oxygen atoms in total. The molecule has 1 aromatic carbocycles. The van der Waals surface area contributed by atoms with Gasteiger partial charge in [-0.2, -0.15) is 13.2 Å². The second-order valence-electron chi connectivity index (χ2n) is 4.69. The molecule has 0 spiro atoms. The van der Waals surface area contributed by atoms with Crippen LogP contribution in [0.5, 0.6) is 11.5 Å². The van der Waals surface area contributed by atoms with E-state index < -0.39 is 17.7 Å². The van der Waals surface area contributed by atoms with Crippen molar-refractivity contribution >= 4 is 16.9 Å². The number of esters is 1. The minimum atomic E-state index is -4.64. The summed E-state index contributed by atoms with van der Waals surface area (Å²) in [7, 11) is 1.18. The van der Waals surface area contributed by atoms with Crippen molar-refractivity contribution in [3.8, 4) is 11.5 Å². The van der Waals surface area contributed by atoms with Crippen LogP contribution in [-0.4, -0.2) is 18.1 Å². The number of carbonyl (C=O) groups excluding carboxylic acids is 1. The summed E-state index contributed by atoms with van der Waals surface area (Å²) in [6.07, 6.45) is -4.64. The van der Waals surface area contributed by atoms with Gasteiger partial charge in [0.25, 0.3) is 0 Å². The second kappa shape index (κ2) is 4.98. The monoisotopic (exact) mass is 301 g/mol. The number of aromatic amines is 1. The van der Waals surface area contributed by atoms with Crippen molar-refractivity contribution in [2.24, 2.45) is 0 Å². The van der Waals surface area contributed by atoms with Crippen molar-refractivity contribution in [3.63, 3.8) is 0 Å². The van der Waals surface area contributed by atoms with E-state index in [2.05, 4.69) is 4.98 Å². The summed E-state index contributed by atoms with van der Waals surface area (Å²) in [6.45, 7) is 4.20. The molecule has 21 heavy (non-hydrogen) atoms. The molecule has 0 saturated carbocycles. The molecule has 0 atom stereocenters. The van der Waals surface area contributed by atoms with E-state index in [1.54, 1.807) is 6.92 Å². The van der Waals surface area contributed by atoms with Crippen molar-refractivity contribution in [2.75, 3.05) is 7.11 Å². The molecule has 2 aromatic rings. The Hall–Kier alpha value is -2.18. The van der Waals surface area contributed by atoms with Crippen molar-refractivity contribution < 1.29 is 27.4 Å². The van der Waals surface area contributed by atoms with E-state index in [4.69, 9.17) is 9.47 Å². The number of halogens is 3. The predicted molar refractivity (Wildman–Crippen MR) is 70.6 cm³/mol. The molecule has 0 unspecified atom stereocenters.